The minimum Gasteiger partial charge on any atom is -0.342 e. The van der Waals surface area contributed by atoms with E-state index in [-0.39, 0.29) is 30.7 Å². The molecule has 2 heterocycles. The fraction of sp³-hybridized carbons (Fsp3) is 0.467. The average Bonchev–Trinajstić information content (AvgIpc) is 3.10. The van der Waals surface area contributed by atoms with Crippen molar-refractivity contribution in [3.8, 4) is 0 Å². The molecule has 1 atom stereocenters. The predicted octanol–water partition coefficient (Wildman–Crippen LogP) is 3.64. The van der Waals surface area contributed by atoms with Gasteiger partial charge in [0.2, 0.25) is 5.91 Å². The van der Waals surface area contributed by atoms with Gasteiger partial charge in [0.1, 0.15) is 0 Å². The summed E-state index contributed by atoms with van der Waals surface area (Å²) in [6.07, 6.45) is 2.30. The van der Waals surface area contributed by atoms with Crippen molar-refractivity contribution in [3.63, 3.8) is 0 Å². The Morgan fingerprint density at radius 2 is 2.22 bits per heavy atom. The van der Waals surface area contributed by atoms with E-state index in [1.807, 2.05) is 17.0 Å². The first-order valence-electron chi connectivity index (χ1n) is 7.18. The van der Waals surface area contributed by atoms with Gasteiger partial charge < -0.3 is 10.6 Å². The minimum absolute atomic E-state index is 0. The molecule has 4 nitrogen and oxygen atoms in total. The highest BCUT2D eigenvalue weighted by molar-refractivity contribution is 9.10. The van der Waals surface area contributed by atoms with E-state index in [0.29, 0.717) is 18.9 Å². The van der Waals surface area contributed by atoms with Crippen LogP contribution in [-0.4, -0.2) is 35.4 Å². The molecular weight excluding hydrogens is 421 g/mol. The molecule has 2 aromatic rings. The first kappa shape index (κ1) is 20.6. The van der Waals surface area contributed by atoms with Crippen molar-refractivity contribution >= 4 is 68.2 Å². The van der Waals surface area contributed by atoms with Gasteiger partial charge in [0.25, 0.3) is 0 Å². The van der Waals surface area contributed by atoms with Crippen LogP contribution in [0.5, 0.6) is 0 Å². The van der Waals surface area contributed by atoms with Crippen LogP contribution in [0.4, 0.5) is 0 Å². The number of carbonyl (C=O) groups excluding carboxylic acids is 1. The molecular formula is C15H20BrCl2N3OS. The quantitative estimate of drug-likeness (QED) is 0.789. The summed E-state index contributed by atoms with van der Waals surface area (Å²) in [6.45, 7) is 2.35. The largest absolute Gasteiger partial charge is 0.342 e. The lowest BCUT2D eigenvalue weighted by atomic mass is 10.1. The van der Waals surface area contributed by atoms with E-state index in [0.717, 1.165) is 40.9 Å². The van der Waals surface area contributed by atoms with Gasteiger partial charge in [0.05, 0.1) is 15.2 Å². The SMILES string of the molecule is Cl.Cl.NCC1CCN(C(=O)CCc2nc3cc(Br)ccc3s2)C1. The molecule has 2 N–H and O–H groups in total. The van der Waals surface area contributed by atoms with Gasteiger partial charge in [-0.2, -0.15) is 0 Å². The highest BCUT2D eigenvalue weighted by atomic mass is 79.9. The Morgan fingerprint density at radius 3 is 2.91 bits per heavy atom. The van der Waals surface area contributed by atoms with E-state index < -0.39 is 0 Å². The second kappa shape index (κ2) is 9.18. The maximum atomic E-state index is 12.2. The molecule has 1 aromatic heterocycles. The molecule has 3 rings (SSSR count). The van der Waals surface area contributed by atoms with Gasteiger partial charge in [-0.15, -0.1) is 36.2 Å². The van der Waals surface area contributed by atoms with Crippen LogP contribution in [0.25, 0.3) is 10.2 Å². The van der Waals surface area contributed by atoms with Crippen LogP contribution < -0.4 is 5.73 Å². The van der Waals surface area contributed by atoms with Crippen molar-refractivity contribution < 1.29 is 4.79 Å². The van der Waals surface area contributed by atoms with E-state index in [4.69, 9.17) is 5.73 Å². The molecule has 0 bridgehead atoms. The second-order valence-electron chi connectivity index (χ2n) is 5.45. The minimum atomic E-state index is 0. The number of halogens is 3. The smallest absolute Gasteiger partial charge is 0.222 e. The van der Waals surface area contributed by atoms with Crippen LogP contribution in [0.2, 0.25) is 0 Å². The summed E-state index contributed by atoms with van der Waals surface area (Å²) >= 11 is 5.13. The molecule has 1 amide bonds. The molecule has 8 heteroatoms. The monoisotopic (exact) mass is 439 g/mol. The Hall–Kier alpha value is -0.400. The Balaban J connectivity index is 0.00000132. The van der Waals surface area contributed by atoms with Crippen molar-refractivity contribution in [1.29, 1.82) is 0 Å². The van der Waals surface area contributed by atoms with E-state index in [1.165, 1.54) is 4.70 Å². The van der Waals surface area contributed by atoms with Crippen LogP contribution in [0.1, 0.15) is 17.8 Å². The molecule has 1 unspecified atom stereocenters. The van der Waals surface area contributed by atoms with Gasteiger partial charge in [0.15, 0.2) is 0 Å². The lowest BCUT2D eigenvalue weighted by Gasteiger charge is -2.15. The molecule has 1 saturated heterocycles. The van der Waals surface area contributed by atoms with E-state index in [9.17, 15) is 4.79 Å². The zero-order valence-electron chi connectivity index (χ0n) is 12.5. The van der Waals surface area contributed by atoms with Crippen LogP contribution >= 0.6 is 52.1 Å². The fourth-order valence-corrected chi connectivity index (χ4v) is 3.97. The molecule has 1 fully saturated rings. The van der Waals surface area contributed by atoms with Crippen LogP contribution in [0, 0.1) is 5.92 Å². The van der Waals surface area contributed by atoms with E-state index in [1.54, 1.807) is 11.3 Å². The number of aryl methyl sites for hydroxylation is 1. The number of likely N-dealkylation sites (tertiary alicyclic amines) is 1. The third-order valence-electron chi connectivity index (χ3n) is 3.92. The summed E-state index contributed by atoms with van der Waals surface area (Å²) in [4.78, 5) is 18.8. The molecule has 0 saturated carbocycles. The maximum absolute atomic E-state index is 12.2. The molecule has 1 aliphatic rings. The van der Waals surface area contributed by atoms with Gasteiger partial charge in [-0.3, -0.25) is 4.79 Å². The maximum Gasteiger partial charge on any atom is 0.222 e. The molecule has 0 aliphatic carbocycles. The number of carbonyl (C=O) groups is 1. The summed E-state index contributed by atoms with van der Waals surface area (Å²) < 4.78 is 2.21. The number of rotatable bonds is 4. The number of aromatic nitrogens is 1. The zero-order chi connectivity index (χ0) is 14.8. The summed E-state index contributed by atoms with van der Waals surface area (Å²) in [6, 6.07) is 6.10. The summed E-state index contributed by atoms with van der Waals surface area (Å²) in [7, 11) is 0. The topological polar surface area (TPSA) is 59.2 Å². The molecule has 1 aliphatic heterocycles. The third-order valence-corrected chi connectivity index (χ3v) is 5.51. The fourth-order valence-electron chi connectivity index (χ4n) is 2.68. The predicted molar refractivity (Wildman–Crippen MR) is 104 cm³/mol. The number of amides is 1. The van der Waals surface area contributed by atoms with Crippen LogP contribution in [0.15, 0.2) is 22.7 Å². The number of nitrogens with two attached hydrogens (primary N) is 1. The molecule has 1 aromatic carbocycles. The number of fused-ring (bicyclic) bond motifs is 1. The zero-order valence-corrected chi connectivity index (χ0v) is 16.6. The van der Waals surface area contributed by atoms with Gasteiger partial charge in [-0.05, 0) is 37.1 Å². The average molecular weight is 441 g/mol. The third kappa shape index (κ3) is 5.03. The van der Waals surface area contributed by atoms with Gasteiger partial charge >= 0.3 is 0 Å². The molecule has 23 heavy (non-hydrogen) atoms. The standard InChI is InChI=1S/C15H18BrN3OS.2ClH/c16-11-1-2-13-12(7-11)18-14(21-13)3-4-15(20)19-6-5-10(8-17)9-19;;/h1-2,7,10H,3-6,8-9,17H2;2*1H. The van der Waals surface area contributed by atoms with Crippen LogP contribution in [0.3, 0.4) is 0 Å². The van der Waals surface area contributed by atoms with Crippen LogP contribution in [-0.2, 0) is 11.2 Å². The summed E-state index contributed by atoms with van der Waals surface area (Å²) in [5.41, 5.74) is 6.67. The normalized spacial score (nSPS) is 17.0. The number of nitrogens with zero attached hydrogens (tertiary/aromatic N) is 2. The highest BCUT2D eigenvalue weighted by Gasteiger charge is 2.24. The number of benzene rings is 1. The molecule has 0 spiro atoms. The second-order valence-corrected chi connectivity index (χ2v) is 7.48. The van der Waals surface area contributed by atoms with Crippen molar-refractivity contribution in [1.82, 2.24) is 9.88 Å². The van der Waals surface area contributed by atoms with Gasteiger partial charge in [0, 0.05) is 30.4 Å². The summed E-state index contributed by atoms with van der Waals surface area (Å²) in [5, 5.41) is 1.03. The first-order valence-corrected chi connectivity index (χ1v) is 8.79. The Bertz CT molecular complexity index is 667. The van der Waals surface area contributed by atoms with Crippen molar-refractivity contribution in [2.75, 3.05) is 19.6 Å². The summed E-state index contributed by atoms with van der Waals surface area (Å²) in [5.74, 6) is 0.708. The highest BCUT2D eigenvalue weighted by Crippen LogP contribution is 2.26. The van der Waals surface area contributed by atoms with Gasteiger partial charge in [-0.25, -0.2) is 4.98 Å². The van der Waals surface area contributed by atoms with Crippen molar-refractivity contribution in [2.45, 2.75) is 19.3 Å². The van der Waals surface area contributed by atoms with E-state index in [2.05, 4.69) is 27.0 Å². The Labute approximate surface area is 160 Å². The molecule has 128 valence electrons. The lowest BCUT2D eigenvalue weighted by Crippen LogP contribution is -2.29. The lowest BCUT2D eigenvalue weighted by molar-refractivity contribution is -0.130. The van der Waals surface area contributed by atoms with E-state index >= 15 is 0 Å². The number of hydrogen-bond donors (Lipinski definition) is 1. The Kier molecular flexibility index (Phi) is 8.24. The number of thiazole rings is 1. The van der Waals surface area contributed by atoms with Crippen molar-refractivity contribution in [3.05, 3.63) is 27.7 Å². The van der Waals surface area contributed by atoms with Gasteiger partial charge in [-0.1, -0.05) is 15.9 Å². The molecule has 0 radical (unpaired) electrons. The Morgan fingerprint density at radius 1 is 1.43 bits per heavy atom. The first-order chi connectivity index (χ1) is 10.2. The number of hydrogen-bond acceptors (Lipinski definition) is 4. The van der Waals surface area contributed by atoms with Crippen molar-refractivity contribution in [2.24, 2.45) is 11.7 Å².